The molecule has 0 aromatic carbocycles. The van der Waals surface area contributed by atoms with Crippen LogP contribution < -0.4 is 5.32 Å². The van der Waals surface area contributed by atoms with E-state index in [2.05, 4.69) is 10.3 Å². The molecule has 18 heavy (non-hydrogen) atoms. The Labute approximate surface area is 111 Å². The summed E-state index contributed by atoms with van der Waals surface area (Å²) in [5.41, 5.74) is 1.36. The van der Waals surface area contributed by atoms with Crippen molar-refractivity contribution < 1.29 is 9.90 Å². The van der Waals surface area contributed by atoms with Crippen LogP contribution in [0.2, 0.25) is 5.15 Å². The van der Waals surface area contributed by atoms with Crippen molar-refractivity contribution in [2.45, 2.75) is 32.3 Å². The molecule has 5 heteroatoms. The van der Waals surface area contributed by atoms with Crippen molar-refractivity contribution in [3.05, 3.63) is 28.5 Å². The SMILES string of the molecule is CCc1cc(C(=O)NCC2CC(O)C2)cc(Cl)n1. The summed E-state index contributed by atoms with van der Waals surface area (Å²) in [6, 6.07) is 3.34. The van der Waals surface area contributed by atoms with Crippen LogP contribution in [0.15, 0.2) is 12.1 Å². The molecule has 4 nitrogen and oxygen atoms in total. The number of nitrogens with zero attached hydrogens (tertiary/aromatic N) is 1. The monoisotopic (exact) mass is 268 g/mol. The average molecular weight is 269 g/mol. The van der Waals surface area contributed by atoms with Gasteiger partial charge in [-0.25, -0.2) is 4.98 Å². The quantitative estimate of drug-likeness (QED) is 0.819. The smallest absolute Gasteiger partial charge is 0.251 e. The third-order valence-corrected chi connectivity index (χ3v) is 3.43. The predicted octanol–water partition coefficient (Wildman–Crippen LogP) is 1.80. The number of aryl methyl sites for hydroxylation is 1. The molecular formula is C13H17ClN2O2. The lowest BCUT2D eigenvalue weighted by molar-refractivity contribution is 0.0420. The summed E-state index contributed by atoms with van der Waals surface area (Å²) in [5, 5.41) is 12.4. The third-order valence-electron chi connectivity index (χ3n) is 3.23. The molecule has 1 heterocycles. The minimum Gasteiger partial charge on any atom is -0.393 e. The van der Waals surface area contributed by atoms with E-state index < -0.39 is 0 Å². The maximum atomic E-state index is 11.9. The first-order valence-corrected chi connectivity index (χ1v) is 6.59. The lowest BCUT2D eigenvalue weighted by atomic mass is 9.82. The van der Waals surface area contributed by atoms with Crippen LogP contribution in [0, 0.1) is 5.92 Å². The van der Waals surface area contributed by atoms with Gasteiger partial charge in [0, 0.05) is 17.8 Å². The molecule has 1 fully saturated rings. The van der Waals surface area contributed by atoms with E-state index in [1.165, 1.54) is 0 Å². The van der Waals surface area contributed by atoms with E-state index in [1.54, 1.807) is 12.1 Å². The van der Waals surface area contributed by atoms with Gasteiger partial charge in [-0.1, -0.05) is 18.5 Å². The maximum Gasteiger partial charge on any atom is 0.251 e. The maximum absolute atomic E-state index is 11.9. The molecule has 0 bridgehead atoms. The van der Waals surface area contributed by atoms with Gasteiger partial charge in [-0.05, 0) is 37.3 Å². The number of aliphatic hydroxyl groups is 1. The fourth-order valence-corrected chi connectivity index (χ4v) is 2.30. The van der Waals surface area contributed by atoms with E-state index in [0.717, 1.165) is 25.0 Å². The lowest BCUT2D eigenvalue weighted by Gasteiger charge is -2.31. The standard InChI is InChI=1S/C13H17ClN2O2/c1-2-10-5-9(6-12(14)16-10)13(18)15-7-8-3-11(17)4-8/h5-6,8,11,17H,2-4,7H2,1H3,(H,15,18). The Morgan fingerprint density at radius 2 is 2.28 bits per heavy atom. The van der Waals surface area contributed by atoms with Gasteiger partial charge in [-0.2, -0.15) is 0 Å². The third kappa shape index (κ3) is 3.21. The molecule has 1 aliphatic carbocycles. The van der Waals surface area contributed by atoms with E-state index in [1.807, 2.05) is 6.92 Å². The minimum atomic E-state index is -0.186. The number of rotatable bonds is 4. The molecule has 0 spiro atoms. The van der Waals surface area contributed by atoms with Crippen LogP contribution in [0.5, 0.6) is 0 Å². The van der Waals surface area contributed by atoms with Crippen LogP contribution in [-0.2, 0) is 6.42 Å². The number of pyridine rings is 1. The summed E-state index contributed by atoms with van der Waals surface area (Å²) in [5.74, 6) is 0.266. The van der Waals surface area contributed by atoms with Gasteiger partial charge in [0.2, 0.25) is 0 Å². The number of halogens is 1. The number of hydrogen-bond donors (Lipinski definition) is 2. The summed E-state index contributed by atoms with van der Waals surface area (Å²) in [7, 11) is 0. The topological polar surface area (TPSA) is 62.2 Å². The normalized spacial score (nSPS) is 22.4. The van der Waals surface area contributed by atoms with Gasteiger partial charge < -0.3 is 10.4 Å². The van der Waals surface area contributed by atoms with Crippen molar-refractivity contribution in [3.63, 3.8) is 0 Å². The number of aromatic nitrogens is 1. The average Bonchev–Trinajstić information content (AvgIpc) is 2.32. The molecule has 1 aliphatic rings. The molecule has 0 aliphatic heterocycles. The van der Waals surface area contributed by atoms with E-state index in [9.17, 15) is 4.79 Å². The first-order chi connectivity index (χ1) is 8.58. The largest absolute Gasteiger partial charge is 0.393 e. The van der Waals surface area contributed by atoms with Crippen molar-refractivity contribution in [2.75, 3.05) is 6.54 Å². The van der Waals surface area contributed by atoms with Crippen LogP contribution in [0.1, 0.15) is 35.8 Å². The molecule has 1 saturated carbocycles. The zero-order chi connectivity index (χ0) is 13.1. The molecular weight excluding hydrogens is 252 g/mol. The molecule has 2 rings (SSSR count). The molecule has 0 saturated heterocycles. The van der Waals surface area contributed by atoms with Crippen molar-refractivity contribution in [3.8, 4) is 0 Å². The van der Waals surface area contributed by atoms with Crippen molar-refractivity contribution >= 4 is 17.5 Å². The van der Waals surface area contributed by atoms with Crippen LogP contribution in [0.25, 0.3) is 0 Å². The molecule has 98 valence electrons. The van der Waals surface area contributed by atoms with Crippen LogP contribution in [0.3, 0.4) is 0 Å². The first kappa shape index (κ1) is 13.3. The molecule has 1 aromatic heterocycles. The Morgan fingerprint density at radius 1 is 1.56 bits per heavy atom. The second-order valence-electron chi connectivity index (χ2n) is 4.72. The molecule has 1 aromatic rings. The number of amides is 1. The van der Waals surface area contributed by atoms with Gasteiger partial charge in [0.05, 0.1) is 6.10 Å². The number of hydrogen-bond acceptors (Lipinski definition) is 3. The molecule has 1 amide bonds. The highest BCUT2D eigenvalue weighted by molar-refractivity contribution is 6.29. The Hall–Kier alpha value is -1.13. The van der Waals surface area contributed by atoms with E-state index in [0.29, 0.717) is 23.2 Å². The van der Waals surface area contributed by atoms with E-state index >= 15 is 0 Å². The summed E-state index contributed by atoms with van der Waals surface area (Å²) >= 11 is 5.87. The second kappa shape index (κ2) is 5.67. The lowest BCUT2D eigenvalue weighted by Crippen LogP contribution is -2.38. The van der Waals surface area contributed by atoms with Gasteiger partial charge in [-0.3, -0.25) is 4.79 Å². The Morgan fingerprint density at radius 3 is 2.89 bits per heavy atom. The molecule has 0 atom stereocenters. The number of aliphatic hydroxyl groups excluding tert-OH is 1. The summed E-state index contributed by atoms with van der Waals surface area (Å²) < 4.78 is 0. The highest BCUT2D eigenvalue weighted by Gasteiger charge is 2.27. The van der Waals surface area contributed by atoms with E-state index in [4.69, 9.17) is 16.7 Å². The number of carbonyl (C=O) groups is 1. The molecule has 0 unspecified atom stereocenters. The van der Waals surface area contributed by atoms with Crippen LogP contribution in [0.4, 0.5) is 0 Å². The summed E-state index contributed by atoms with van der Waals surface area (Å²) in [6.07, 6.45) is 2.11. The van der Waals surface area contributed by atoms with Gasteiger partial charge in [-0.15, -0.1) is 0 Å². The van der Waals surface area contributed by atoms with Crippen molar-refractivity contribution in [1.82, 2.24) is 10.3 Å². The summed E-state index contributed by atoms with van der Waals surface area (Å²) in [6.45, 7) is 2.58. The zero-order valence-electron chi connectivity index (χ0n) is 10.3. The molecule has 0 radical (unpaired) electrons. The number of nitrogens with one attached hydrogen (secondary N) is 1. The fraction of sp³-hybridized carbons (Fsp3) is 0.538. The highest BCUT2D eigenvalue weighted by Crippen LogP contribution is 2.26. The van der Waals surface area contributed by atoms with Crippen molar-refractivity contribution in [2.24, 2.45) is 5.92 Å². The van der Waals surface area contributed by atoms with Gasteiger partial charge in [0.15, 0.2) is 0 Å². The predicted molar refractivity (Wildman–Crippen MR) is 69.7 cm³/mol. The van der Waals surface area contributed by atoms with Gasteiger partial charge in [0.1, 0.15) is 5.15 Å². The van der Waals surface area contributed by atoms with Crippen molar-refractivity contribution in [1.29, 1.82) is 0 Å². The minimum absolute atomic E-state index is 0.129. The van der Waals surface area contributed by atoms with Crippen LogP contribution in [-0.4, -0.2) is 28.6 Å². The molecule has 2 N–H and O–H groups in total. The van der Waals surface area contributed by atoms with Gasteiger partial charge >= 0.3 is 0 Å². The summed E-state index contributed by atoms with van der Waals surface area (Å²) in [4.78, 5) is 16.1. The van der Waals surface area contributed by atoms with E-state index in [-0.39, 0.29) is 12.0 Å². The van der Waals surface area contributed by atoms with Gasteiger partial charge in [0.25, 0.3) is 5.91 Å². The zero-order valence-corrected chi connectivity index (χ0v) is 11.1. The Bertz CT molecular complexity index is 445. The second-order valence-corrected chi connectivity index (χ2v) is 5.11. The number of carbonyl (C=O) groups excluding carboxylic acids is 1. The Kier molecular flexibility index (Phi) is 4.19. The van der Waals surface area contributed by atoms with Crippen LogP contribution >= 0.6 is 11.6 Å². The highest BCUT2D eigenvalue weighted by atomic mass is 35.5. The fourth-order valence-electron chi connectivity index (χ4n) is 2.07. The Balaban J connectivity index is 1.93. The first-order valence-electron chi connectivity index (χ1n) is 6.21.